The standard InChI is InChI=1S/C11H14ClN3O2S/c1-3-16-6-11(2,13)10-14-9(17-15-10)7-4-5-8(12)18-7/h4-5H,3,6,13H2,1-2H3. The van der Waals surface area contributed by atoms with Crippen LogP contribution in [0.5, 0.6) is 0 Å². The van der Waals surface area contributed by atoms with Crippen LogP contribution in [-0.4, -0.2) is 23.4 Å². The van der Waals surface area contributed by atoms with Crippen molar-refractivity contribution in [2.75, 3.05) is 13.2 Å². The highest BCUT2D eigenvalue weighted by Gasteiger charge is 2.28. The zero-order chi connectivity index (χ0) is 13.2. The maximum absolute atomic E-state index is 6.09. The molecule has 0 saturated heterocycles. The Bertz CT molecular complexity index is 524. The highest BCUT2D eigenvalue weighted by Crippen LogP contribution is 2.30. The van der Waals surface area contributed by atoms with E-state index >= 15 is 0 Å². The molecule has 5 nitrogen and oxygen atoms in total. The normalized spacial score (nSPS) is 14.7. The number of aromatic nitrogens is 2. The summed E-state index contributed by atoms with van der Waals surface area (Å²) in [5, 5.41) is 3.90. The van der Waals surface area contributed by atoms with Gasteiger partial charge in [0, 0.05) is 6.61 Å². The van der Waals surface area contributed by atoms with Gasteiger partial charge in [-0.3, -0.25) is 0 Å². The van der Waals surface area contributed by atoms with Gasteiger partial charge in [0.2, 0.25) is 0 Å². The summed E-state index contributed by atoms with van der Waals surface area (Å²) in [7, 11) is 0. The largest absolute Gasteiger partial charge is 0.379 e. The summed E-state index contributed by atoms with van der Waals surface area (Å²) in [4.78, 5) is 5.11. The third-order valence-electron chi connectivity index (χ3n) is 2.33. The first kappa shape index (κ1) is 13.5. The van der Waals surface area contributed by atoms with Gasteiger partial charge in [0.05, 0.1) is 15.8 Å². The molecule has 0 amide bonds. The van der Waals surface area contributed by atoms with E-state index in [1.165, 1.54) is 11.3 Å². The Morgan fingerprint density at radius 3 is 2.94 bits per heavy atom. The quantitative estimate of drug-likeness (QED) is 0.915. The summed E-state index contributed by atoms with van der Waals surface area (Å²) in [5.41, 5.74) is 5.32. The van der Waals surface area contributed by atoms with Crippen LogP contribution in [-0.2, 0) is 10.3 Å². The van der Waals surface area contributed by atoms with Crippen molar-refractivity contribution in [3.63, 3.8) is 0 Å². The third-order valence-corrected chi connectivity index (χ3v) is 3.55. The van der Waals surface area contributed by atoms with Gasteiger partial charge in [0.15, 0.2) is 5.82 Å². The van der Waals surface area contributed by atoms with Gasteiger partial charge in [-0.15, -0.1) is 11.3 Å². The van der Waals surface area contributed by atoms with Crippen LogP contribution in [0.4, 0.5) is 0 Å². The first-order chi connectivity index (χ1) is 8.53. The number of rotatable bonds is 5. The minimum Gasteiger partial charge on any atom is -0.379 e. The van der Waals surface area contributed by atoms with Crippen LogP contribution in [0, 0.1) is 0 Å². The lowest BCUT2D eigenvalue weighted by Crippen LogP contribution is -2.39. The zero-order valence-electron chi connectivity index (χ0n) is 10.1. The van der Waals surface area contributed by atoms with Crippen molar-refractivity contribution in [1.29, 1.82) is 0 Å². The van der Waals surface area contributed by atoms with E-state index in [0.717, 1.165) is 4.88 Å². The number of hydrogen-bond donors (Lipinski definition) is 1. The highest BCUT2D eigenvalue weighted by atomic mass is 35.5. The van der Waals surface area contributed by atoms with Gasteiger partial charge in [-0.25, -0.2) is 0 Å². The summed E-state index contributed by atoms with van der Waals surface area (Å²) in [6.07, 6.45) is 0. The molecule has 0 aliphatic heterocycles. The van der Waals surface area contributed by atoms with E-state index in [1.807, 2.05) is 13.0 Å². The number of thiophene rings is 1. The summed E-state index contributed by atoms with van der Waals surface area (Å²) in [6.45, 7) is 4.65. The van der Waals surface area contributed by atoms with Crippen LogP contribution in [0.3, 0.4) is 0 Å². The Kier molecular flexibility index (Phi) is 4.01. The van der Waals surface area contributed by atoms with E-state index in [2.05, 4.69) is 10.1 Å². The molecule has 18 heavy (non-hydrogen) atoms. The number of ether oxygens (including phenoxy) is 1. The Labute approximate surface area is 114 Å². The van der Waals surface area contributed by atoms with Gasteiger partial charge < -0.3 is 15.0 Å². The highest BCUT2D eigenvalue weighted by molar-refractivity contribution is 7.19. The van der Waals surface area contributed by atoms with Crippen LogP contribution >= 0.6 is 22.9 Å². The second kappa shape index (κ2) is 5.36. The molecule has 98 valence electrons. The topological polar surface area (TPSA) is 74.2 Å². The van der Waals surface area contributed by atoms with Crippen molar-refractivity contribution in [2.45, 2.75) is 19.4 Å². The molecule has 1 unspecified atom stereocenters. The first-order valence-electron chi connectivity index (χ1n) is 5.49. The molecule has 2 aromatic heterocycles. The van der Waals surface area contributed by atoms with Gasteiger partial charge in [0.25, 0.3) is 5.89 Å². The van der Waals surface area contributed by atoms with Gasteiger partial charge in [-0.1, -0.05) is 16.8 Å². The second-order valence-electron chi connectivity index (χ2n) is 4.08. The zero-order valence-corrected chi connectivity index (χ0v) is 11.7. The third kappa shape index (κ3) is 2.89. The molecule has 0 bridgehead atoms. The fourth-order valence-corrected chi connectivity index (χ4v) is 2.33. The van der Waals surface area contributed by atoms with Crippen molar-refractivity contribution in [3.05, 3.63) is 22.3 Å². The van der Waals surface area contributed by atoms with Crippen LogP contribution in [0.2, 0.25) is 4.34 Å². The molecule has 0 spiro atoms. The molecule has 2 heterocycles. The predicted octanol–water partition coefficient (Wildman–Crippen LogP) is 2.66. The SMILES string of the molecule is CCOCC(C)(N)c1noc(-c2ccc(Cl)s2)n1. The average molecular weight is 288 g/mol. The molecule has 0 radical (unpaired) electrons. The minimum absolute atomic E-state index is 0.341. The Balaban J connectivity index is 2.19. The molecule has 0 aromatic carbocycles. The molecule has 0 aliphatic carbocycles. The number of nitrogens with zero attached hydrogens (tertiary/aromatic N) is 2. The van der Waals surface area contributed by atoms with Crippen molar-refractivity contribution < 1.29 is 9.26 Å². The molecule has 2 rings (SSSR count). The Hall–Kier alpha value is -0.950. The number of halogens is 1. The lowest BCUT2D eigenvalue weighted by atomic mass is 10.1. The predicted molar refractivity (Wildman–Crippen MR) is 70.7 cm³/mol. The van der Waals surface area contributed by atoms with Crippen LogP contribution in [0.1, 0.15) is 19.7 Å². The van der Waals surface area contributed by atoms with E-state index in [0.29, 0.717) is 29.3 Å². The summed E-state index contributed by atoms with van der Waals surface area (Å²) in [6, 6.07) is 3.62. The Morgan fingerprint density at radius 1 is 1.56 bits per heavy atom. The van der Waals surface area contributed by atoms with Crippen molar-refractivity contribution >= 4 is 22.9 Å². The van der Waals surface area contributed by atoms with Gasteiger partial charge in [0.1, 0.15) is 5.54 Å². The lowest BCUT2D eigenvalue weighted by Gasteiger charge is -2.19. The fourth-order valence-electron chi connectivity index (χ4n) is 1.36. The number of nitrogens with two attached hydrogens (primary N) is 1. The summed E-state index contributed by atoms with van der Waals surface area (Å²) >= 11 is 7.24. The molecule has 2 N–H and O–H groups in total. The van der Waals surface area contributed by atoms with Crippen LogP contribution in [0.15, 0.2) is 16.7 Å². The summed E-state index contributed by atoms with van der Waals surface area (Å²) in [5.74, 6) is 0.852. The van der Waals surface area contributed by atoms with Crippen LogP contribution in [0.25, 0.3) is 10.8 Å². The van der Waals surface area contributed by atoms with Crippen molar-refractivity contribution in [2.24, 2.45) is 5.73 Å². The molecule has 0 fully saturated rings. The van der Waals surface area contributed by atoms with Crippen LogP contribution < -0.4 is 5.73 Å². The average Bonchev–Trinajstić information content (AvgIpc) is 2.94. The second-order valence-corrected chi connectivity index (χ2v) is 5.80. The molecule has 1 atom stereocenters. The van der Waals surface area contributed by atoms with Crippen molar-refractivity contribution in [3.8, 4) is 10.8 Å². The first-order valence-corrected chi connectivity index (χ1v) is 6.69. The molecular weight excluding hydrogens is 274 g/mol. The molecular formula is C11H14ClN3O2S. The molecule has 2 aromatic rings. The minimum atomic E-state index is -0.765. The monoisotopic (exact) mass is 287 g/mol. The molecule has 0 aliphatic rings. The van der Waals surface area contributed by atoms with E-state index < -0.39 is 5.54 Å². The smallest absolute Gasteiger partial charge is 0.268 e. The molecule has 7 heteroatoms. The Morgan fingerprint density at radius 2 is 2.33 bits per heavy atom. The van der Waals surface area contributed by atoms with E-state index in [-0.39, 0.29) is 0 Å². The number of hydrogen-bond acceptors (Lipinski definition) is 6. The fraction of sp³-hybridized carbons (Fsp3) is 0.455. The maximum atomic E-state index is 6.09. The maximum Gasteiger partial charge on any atom is 0.268 e. The van der Waals surface area contributed by atoms with Gasteiger partial charge in [-0.05, 0) is 26.0 Å². The van der Waals surface area contributed by atoms with Crippen molar-refractivity contribution in [1.82, 2.24) is 10.1 Å². The molecule has 0 saturated carbocycles. The van der Waals surface area contributed by atoms with E-state index in [4.69, 9.17) is 26.6 Å². The van der Waals surface area contributed by atoms with Gasteiger partial charge in [-0.2, -0.15) is 4.98 Å². The summed E-state index contributed by atoms with van der Waals surface area (Å²) < 4.78 is 11.2. The van der Waals surface area contributed by atoms with E-state index in [1.54, 1.807) is 13.0 Å². The lowest BCUT2D eigenvalue weighted by molar-refractivity contribution is 0.0962. The van der Waals surface area contributed by atoms with Gasteiger partial charge >= 0.3 is 0 Å². The van der Waals surface area contributed by atoms with E-state index in [9.17, 15) is 0 Å².